The van der Waals surface area contributed by atoms with Gasteiger partial charge in [-0.25, -0.2) is 4.98 Å². The summed E-state index contributed by atoms with van der Waals surface area (Å²) < 4.78 is 5.99. The van der Waals surface area contributed by atoms with Crippen molar-refractivity contribution in [2.45, 2.75) is 0 Å². The van der Waals surface area contributed by atoms with Gasteiger partial charge in [0.05, 0.1) is 21.9 Å². The lowest BCUT2D eigenvalue weighted by molar-refractivity contribution is -0.402. The molecule has 0 aliphatic carbocycles. The minimum absolute atomic E-state index is 0.248. The number of thiazole rings is 1. The van der Waals surface area contributed by atoms with Crippen molar-refractivity contribution in [2.75, 3.05) is 0 Å². The molecule has 7 heteroatoms. The maximum absolute atomic E-state index is 10.6. The van der Waals surface area contributed by atoms with E-state index in [1.807, 2.05) is 30.3 Å². The highest BCUT2D eigenvalue weighted by Gasteiger charge is 2.13. The summed E-state index contributed by atoms with van der Waals surface area (Å²) in [6.45, 7) is 0. The molecule has 102 valence electrons. The number of benzene rings is 1. The molecular formula is C14H7N3O3S. The third-order valence-corrected chi connectivity index (χ3v) is 3.79. The number of aromatic nitrogens is 1. The van der Waals surface area contributed by atoms with Gasteiger partial charge in [-0.2, -0.15) is 5.26 Å². The molecule has 0 saturated heterocycles. The van der Waals surface area contributed by atoms with Crippen LogP contribution in [0.25, 0.3) is 21.9 Å². The van der Waals surface area contributed by atoms with Crippen LogP contribution in [0.2, 0.25) is 0 Å². The van der Waals surface area contributed by atoms with E-state index in [0.29, 0.717) is 10.6 Å². The number of hydrogen-bond donors (Lipinski definition) is 0. The Morgan fingerprint density at radius 1 is 1.38 bits per heavy atom. The molecule has 0 spiro atoms. The number of fused-ring (bicyclic) bond motifs is 1. The van der Waals surface area contributed by atoms with E-state index in [1.165, 1.54) is 29.5 Å². The normalized spacial score (nSPS) is 11.5. The molecule has 2 aromatic heterocycles. The fourth-order valence-corrected chi connectivity index (χ4v) is 2.72. The Balaban J connectivity index is 2.02. The molecule has 1 aromatic carbocycles. The Hall–Kier alpha value is -2.98. The van der Waals surface area contributed by atoms with E-state index in [0.717, 1.165) is 10.2 Å². The second-order valence-electron chi connectivity index (χ2n) is 4.09. The second-order valence-corrected chi connectivity index (χ2v) is 5.12. The monoisotopic (exact) mass is 297 g/mol. The quantitative estimate of drug-likeness (QED) is 0.415. The van der Waals surface area contributed by atoms with Crippen LogP contribution in [0, 0.1) is 21.4 Å². The van der Waals surface area contributed by atoms with Gasteiger partial charge in [0.2, 0.25) is 0 Å². The van der Waals surface area contributed by atoms with Crippen LogP contribution in [0.15, 0.2) is 40.8 Å². The number of nitriles is 1. The molecule has 2 heterocycles. The van der Waals surface area contributed by atoms with Gasteiger partial charge in [0.1, 0.15) is 21.8 Å². The highest BCUT2D eigenvalue weighted by Crippen LogP contribution is 2.28. The highest BCUT2D eigenvalue weighted by molar-refractivity contribution is 7.19. The van der Waals surface area contributed by atoms with Gasteiger partial charge in [0.15, 0.2) is 0 Å². The fraction of sp³-hybridized carbons (Fsp3) is 0. The Morgan fingerprint density at radius 3 is 2.86 bits per heavy atom. The van der Waals surface area contributed by atoms with Crippen LogP contribution in [0.5, 0.6) is 0 Å². The first-order valence-electron chi connectivity index (χ1n) is 5.89. The maximum atomic E-state index is 10.6. The van der Waals surface area contributed by atoms with Gasteiger partial charge in [-0.05, 0) is 18.2 Å². The van der Waals surface area contributed by atoms with E-state index < -0.39 is 4.92 Å². The molecular weight excluding hydrogens is 290 g/mol. The molecule has 0 saturated carbocycles. The van der Waals surface area contributed by atoms with Gasteiger partial charge in [-0.15, -0.1) is 11.3 Å². The summed E-state index contributed by atoms with van der Waals surface area (Å²) in [6, 6.07) is 12.3. The zero-order chi connectivity index (χ0) is 14.8. The Kier molecular flexibility index (Phi) is 3.22. The largest absolute Gasteiger partial charge is 0.433 e. The van der Waals surface area contributed by atoms with Crippen LogP contribution in [-0.4, -0.2) is 9.91 Å². The van der Waals surface area contributed by atoms with E-state index in [4.69, 9.17) is 4.42 Å². The number of hydrogen-bond acceptors (Lipinski definition) is 6. The van der Waals surface area contributed by atoms with Crippen LogP contribution < -0.4 is 0 Å². The Labute approximate surface area is 122 Å². The summed E-state index contributed by atoms with van der Waals surface area (Å²) in [5.74, 6) is -0.111. The first kappa shape index (κ1) is 13.0. The second kappa shape index (κ2) is 5.19. The van der Waals surface area contributed by atoms with Crippen molar-refractivity contribution in [1.82, 2.24) is 4.98 Å². The number of rotatable bonds is 3. The first-order valence-corrected chi connectivity index (χ1v) is 6.71. The van der Waals surface area contributed by atoms with Crippen LogP contribution in [0.1, 0.15) is 10.8 Å². The van der Waals surface area contributed by atoms with Crippen molar-refractivity contribution in [3.63, 3.8) is 0 Å². The molecule has 3 rings (SSSR count). The maximum Gasteiger partial charge on any atom is 0.433 e. The van der Waals surface area contributed by atoms with E-state index in [-0.39, 0.29) is 11.6 Å². The predicted molar refractivity (Wildman–Crippen MR) is 78.5 cm³/mol. The van der Waals surface area contributed by atoms with E-state index in [2.05, 4.69) is 4.98 Å². The van der Waals surface area contributed by atoms with Crippen molar-refractivity contribution in [1.29, 1.82) is 5.26 Å². The summed E-state index contributed by atoms with van der Waals surface area (Å²) in [6.07, 6.45) is 1.45. The molecule has 0 unspecified atom stereocenters. The first-order chi connectivity index (χ1) is 10.2. The summed E-state index contributed by atoms with van der Waals surface area (Å²) in [5.41, 5.74) is 1.12. The van der Waals surface area contributed by atoms with Gasteiger partial charge < -0.3 is 4.42 Å². The Bertz CT molecular complexity index is 868. The minimum atomic E-state index is -0.624. The van der Waals surface area contributed by atoms with Gasteiger partial charge >= 0.3 is 5.88 Å². The molecule has 0 N–H and O–H groups in total. The highest BCUT2D eigenvalue weighted by atomic mass is 32.1. The summed E-state index contributed by atoms with van der Waals surface area (Å²) >= 11 is 1.38. The summed E-state index contributed by atoms with van der Waals surface area (Å²) in [5, 5.41) is 20.4. The number of nitro groups is 1. The standard InChI is InChI=1S/C14H7N3O3S/c15-8-9(7-10-5-6-13(20-10)17(18)19)14-16-11-3-1-2-4-12(11)21-14/h1-7H/b9-7-. The van der Waals surface area contributed by atoms with Gasteiger partial charge in [-0.1, -0.05) is 12.1 Å². The third-order valence-electron chi connectivity index (χ3n) is 2.72. The van der Waals surface area contributed by atoms with Crippen LogP contribution >= 0.6 is 11.3 Å². The van der Waals surface area contributed by atoms with E-state index in [9.17, 15) is 15.4 Å². The molecule has 0 fully saturated rings. The average molecular weight is 297 g/mol. The molecule has 21 heavy (non-hydrogen) atoms. The Morgan fingerprint density at radius 2 is 2.19 bits per heavy atom. The summed E-state index contributed by atoms with van der Waals surface area (Å²) in [4.78, 5) is 14.3. The lowest BCUT2D eigenvalue weighted by Gasteiger charge is -1.90. The van der Waals surface area contributed by atoms with Crippen molar-refractivity contribution in [3.05, 3.63) is 57.3 Å². The van der Waals surface area contributed by atoms with Crippen LogP contribution in [0.4, 0.5) is 5.88 Å². The van der Waals surface area contributed by atoms with Crippen LogP contribution in [-0.2, 0) is 0 Å². The van der Waals surface area contributed by atoms with Crippen molar-refractivity contribution >= 4 is 39.1 Å². The van der Waals surface area contributed by atoms with Crippen LogP contribution in [0.3, 0.4) is 0 Å². The minimum Gasteiger partial charge on any atom is -0.401 e. The lowest BCUT2D eigenvalue weighted by atomic mass is 10.2. The topological polar surface area (TPSA) is 93.0 Å². The molecule has 0 aliphatic rings. The van der Waals surface area contributed by atoms with Crippen molar-refractivity contribution < 1.29 is 9.34 Å². The number of allylic oxidation sites excluding steroid dienone is 1. The number of nitrogens with zero attached hydrogens (tertiary/aromatic N) is 3. The smallest absolute Gasteiger partial charge is 0.401 e. The molecule has 0 bridgehead atoms. The van der Waals surface area contributed by atoms with E-state index in [1.54, 1.807) is 0 Å². The van der Waals surface area contributed by atoms with Gasteiger partial charge in [0, 0.05) is 6.08 Å². The fourth-order valence-electron chi connectivity index (χ4n) is 1.79. The SMILES string of the molecule is N#C/C(=C/c1ccc([N+](=O)[O-])o1)c1nc2ccccc2s1. The number of furan rings is 1. The van der Waals surface area contributed by atoms with Gasteiger partial charge in [0.25, 0.3) is 0 Å². The molecule has 0 aliphatic heterocycles. The molecule has 0 atom stereocenters. The molecule has 0 amide bonds. The average Bonchev–Trinajstić information content (AvgIpc) is 3.11. The van der Waals surface area contributed by atoms with Crippen molar-refractivity contribution in [3.8, 4) is 6.07 Å². The van der Waals surface area contributed by atoms with Gasteiger partial charge in [-0.3, -0.25) is 10.1 Å². The number of para-hydroxylation sites is 1. The van der Waals surface area contributed by atoms with Crippen molar-refractivity contribution in [2.24, 2.45) is 0 Å². The summed E-state index contributed by atoms with van der Waals surface area (Å²) in [7, 11) is 0. The molecule has 0 radical (unpaired) electrons. The molecule has 6 nitrogen and oxygen atoms in total. The zero-order valence-corrected chi connectivity index (χ0v) is 11.3. The van der Waals surface area contributed by atoms with E-state index >= 15 is 0 Å². The predicted octanol–water partition coefficient (Wildman–Crippen LogP) is 3.86. The lowest BCUT2D eigenvalue weighted by Crippen LogP contribution is -1.82. The third kappa shape index (κ3) is 2.52. The zero-order valence-electron chi connectivity index (χ0n) is 10.5. The molecule has 3 aromatic rings.